The number of carboxylic acid groups (broad SMARTS) is 1. The van der Waals surface area contributed by atoms with E-state index >= 15 is 0 Å². The standard InChI is InChI=1S/C14H17N3O4S.Na/c1-9(14(18)19)16-22(20)21-17-7-6-11-10-4-2-3-5-12(10)15-13(11)8-17;/h2-5,9,15-16H,6-8H2,1H3,(H,18,19);/q;+1/p-1/t9-,22?;/m1./s1. The number of fused-ring (bicyclic) bond motifs is 3. The number of benzene rings is 1. The van der Waals surface area contributed by atoms with Crippen molar-refractivity contribution in [2.75, 3.05) is 6.54 Å². The second-order valence-electron chi connectivity index (χ2n) is 5.21. The van der Waals surface area contributed by atoms with Crippen molar-refractivity contribution in [3.63, 3.8) is 0 Å². The van der Waals surface area contributed by atoms with Crippen LogP contribution in [-0.2, 0) is 33.3 Å². The average molecular weight is 345 g/mol. The summed E-state index contributed by atoms with van der Waals surface area (Å²) in [6.07, 6.45) is 0.770. The van der Waals surface area contributed by atoms with Crippen molar-refractivity contribution in [2.24, 2.45) is 0 Å². The second kappa shape index (κ2) is 7.89. The summed E-state index contributed by atoms with van der Waals surface area (Å²) < 4.78 is 19.3. The molecule has 0 bridgehead atoms. The number of rotatable bonds is 5. The van der Waals surface area contributed by atoms with Crippen molar-refractivity contribution >= 4 is 28.1 Å². The molecular formula is C14H16N3NaO4S. The van der Waals surface area contributed by atoms with Crippen LogP contribution in [0.15, 0.2) is 24.3 Å². The third kappa shape index (κ3) is 4.21. The Morgan fingerprint density at radius 1 is 1.48 bits per heavy atom. The van der Waals surface area contributed by atoms with Crippen molar-refractivity contribution in [1.29, 1.82) is 0 Å². The molecule has 1 aromatic carbocycles. The number of nitrogens with one attached hydrogen (secondary N) is 2. The van der Waals surface area contributed by atoms with Crippen LogP contribution in [0.25, 0.3) is 10.9 Å². The van der Waals surface area contributed by atoms with E-state index in [1.165, 1.54) is 17.9 Å². The molecule has 1 aliphatic heterocycles. The molecule has 9 heteroatoms. The smallest absolute Gasteiger partial charge is 0.548 e. The fraction of sp³-hybridized carbons (Fsp3) is 0.357. The summed E-state index contributed by atoms with van der Waals surface area (Å²) in [4.78, 5) is 13.9. The van der Waals surface area contributed by atoms with Crippen molar-refractivity contribution in [2.45, 2.75) is 25.9 Å². The molecule has 23 heavy (non-hydrogen) atoms. The van der Waals surface area contributed by atoms with E-state index in [-0.39, 0.29) is 29.6 Å². The molecule has 1 aromatic heterocycles. The minimum Gasteiger partial charge on any atom is -0.548 e. The van der Waals surface area contributed by atoms with E-state index < -0.39 is 23.3 Å². The van der Waals surface area contributed by atoms with Gasteiger partial charge >= 0.3 is 29.6 Å². The number of carboxylic acids is 1. The Bertz CT molecular complexity index is 736. The van der Waals surface area contributed by atoms with Gasteiger partial charge in [0, 0.05) is 23.1 Å². The fourth-order valence-corrected chi connectivity index (χ4v) is 3.29. The summed E-state index contributed by atoms with van der Waals surface area (Å²) in [6, 6.07) is 7.01. The Balaban J connectivity index is 0.00000192. The van der Waals surface area contributed by atoms with Crippen LogP contribution in [0.5, 0.6) is 0 Å². The van der Waals surface area contributed by atoms with E-state index in [0.29, 0.717) is 13.1 Å². The monoisotopic (exact) mass is 345 g/mol. The maximum absolute atomic E-state index is 11.7. The first-order valence-electron chi connectivity index (χ1n) is 6.95. The maximum atomic E-state index is 11.7. The number of hydroxylamine groups is 2. The van der Waals surface area contributed by atoms with Gasteiger partial charge < -0.3 is 14.9 Å². The number of aromatic amines is 1. The van der Waals surface area contributed by atoms with E-state index in [1.807, 2.05) is 18.2 Å². The van der Waals surface area contributed by atoms with Crippen LogP contribution in [0.4, 0.5) is 0 Å². The zero-order valence-corrected chi connectivity index (χ0v) is 15.8. The van der Waals surface area contributed by atoms with Gasteiger partial charge in [0.1, 0.15) is 0 Å². The van der Waals surface area contributed by atoms with E-state index in [1.54, 1.807) is 5.06 Å². The van der Waals surface area contributed by atoms with Crippen LogP contribution in [0.3, 0.4) is 0 Å². The SMILES string of the molecule is C[C@@H](NS(=O)ON1CCc2c([nH]c3ccccc23)C1)C(=O)[O-].[Na+]. The van der Waals surface area contributed by atoms with Gasteiger partial charge in [-0.2, -0.15) is 9.35 Å². The molecule has 2 atom stereocenters. The van der Waals surface area contributed by atoms with Crippen molar-refractivity contribution < 1.29 is 48.0 Å². The molecule has 1 unspecified atom stereocenters. The molecule has 0 saturated carbocycles. The third-order valence-corrected chi connectivity index (χ3v) is 4.54. The van der Waals surface area contributed by atoms with E-state index in [2.05, 4.69) is 15.8 Å². The summed E-state index contributed by atoms with van der Waals surface area (Å²) in [5.74, 6) is -1.33. The first-order chi connectivity index (χ1) is 10.5. The van der Waals surface area contributed by atoms with Gasteiger partial charge in [0.2, 0.25) is 0 Å². The van der Waals surface area contributed by atoms with Crippen molar-refractivity contribution in [3.8, 4) is 0 Å². The quantitative estimate of drug-likeness (QED) is 0.556. The number of nitrogens with zero attached hydrogens (tertiary/aromatic N) is 1. The molecule has 0 amide bonds. The molecule has 2 heterocycles. The molecule has 0 radical (unpaired) electrons. The molecule has 1 aliphatic rings. The van der Waals surface area contributed by atoms with Gasteiger partial charge in [-0.1, -0.05) is 18.2 Å². The van der Waals surface area contributed by atoms with Crippen molar-refractivity contribution in [3.05, 3.63) is 35.5 Å². The van der Waals surface area contributed by atoms with Gasteiger partial charge in [-0.05, 0) is 25.0 Å². The Hall–Kier alpha value is -0.740. The zero-order valence-electron chi connectivity index (χ0n) is 13.0. The molecule has 3 rings (SSSR count). The number of aromatic nitrogens is 1. The molecule has 0 aliphatic carbocycles. The maximum Gasteiger partial charge on any atom is 1.00 e. The Labute approximate surface area is 158 Å². The topological polar surface area (TPSA) is 97.5 Å². The number of aliphatic carboxylic acids is 1. The fourth-order valence-electron chi connectivity index (χ4n) is 2.54. The van der Waals surface area contributed by atoms with Gasteiger partial charge in [0.15, 0.2) is 0 Å². The van der Waals surface area contributed by atoms with Crippen LogP contribution in [0.2, 0.25) is 0 Å². The molecule has 118 valence electrons. The minimum atomic E-state index is -1.92. The molecule has 0 spiro atoms. The van der Waals surface area contributed by atoms with Gasteiger partial charge in [0.05, 0.1) is 18.6 Å². The average Bonchev–Trinajstić information content (AvgIpc) is 2.84. The number of hydrogen-bond donors (Lipinski definition) is 2. The Morgan fingerprint density at radius 3 is 2.96 bits per heavy atom. The van der Waals surface area contributed by atoms with Gasteiger partial charge in [-0.3, -0.25) is 0 Å². The molecule has 0 saturated heterocycles. The molecule has 0 fully saturated rings. The summed E-state index contributed by atoms with van der Waals surface area (Å²) in [6.45, 7) is 2.40. The number of para-hydroxylation sites is 1. The summed E-state index contributed by atoms with van der Waals surface area (Å²) in [7, 11) is 0. The van der Waals surface area contributed by atoms with Crippen LogP contribution in [-0.4, -0.2) is 32.8 Å². The minimum absolute atomic E-state index is 0. The Morgan fingerprint density at radius 2 is 2.22 bits per heavy atom. The second-order valence-corrected chi connectivity index (χ2v) is 6.06. The molecule has 2 N–H and O–H groups in total. The number of hydrogen-bond acceptors (Lipinski definition) is 5. The number of H-pyrrole nitrogens is 1. The van der Waals surface area contributed by atoms with Crippen LogP contribution < -0.4 is 39.4 Å². The largest absolute Gasteiger partial charge is 1.00 e. The van der Waals surface area contributed by atoms with Crippen LogP contribution in [0.1, 0.15) is 18.2 Å². The molecule has 2 aromatic rings. The van der Waals surface area contributed by atoms with E-state index in [0.717, 1.165) is 17.6 Å². The summed E-state index contributed by atoms with van der Waals surface area (Å²) >= 11 is -1.92. The summed E-state index contributed by atoms with van der Waals surface area (Å²) in [5, 5.41) is 13.4. The van der Waals surface area contributed by atoms with Gasteiger partial charge in [-0.15, -0.1) is 0 Å². The number of carbonyl (C=O) groups excluding carboxylic acids is 1. The predicted molar refractivity (Wildman–Crippen MR) is 79.2 cm³/mol. The number of carbonyl (C=O) groups is 1. The van der Waals surface area contributed by atoms with Crippen LogP contribution >= 0.6 is 0 Å². The first-order valence-corrected chi connectivity index (χ1v) is 8.02. The van der Waals surface area contributed by atoms with Gasteiger partial charge in [0.25, 0.3) is 11.3 Å². The Kier molecular flexibility index (Phi) is 6.38. The normalized spacial score (nSPS) is 17.3. The summed E-state index contributed by atoms with van der Waals surface area (Å²) in [5.41, 5.74) is 3.34. The molecule has 7 nitrogen and oxygen atoms in total. The van der Waals surface area contributed by atoms with Gasteiger partial charge in [-0.25, -0.2) is 8.93 Å². The van der Waals surface area contributed by atoms with Crippen LogP contribution in [0, 0.1) is 0 Å². The first kappa shape index (κ1) is 18.6. The van der Waals surface area contributed by atoms with Crippen molar-refractivity contribution in [1.82, 2.24) is 14.8 Å². The molecular weight excluding hydrogens is 329 g/mol. The third-order valence-electron chi connectivity index (χ3n) is 3.65. The predicted octanol–water partition coefficient (Wildman–Crippen LogP) is -3.23. The zero-order chi connectivity index (χ0) is 15.7. The van der Waals surface area contributed by atoms with E-state index in [9.17, 15) is 14.1 Å². The van der Waals surface area contributed by atoms with E-state index in [4.69, 9.17) is 4.28 Å².